The molecule has 4 aromatic rings. The zero-order valence-electron chi connectivity index (χ0n) is 12.3. The molecule has 118 valence electrons. The average molecular weight is 320 g/mol. The molecule has 7 nitrogen and oxygen atoms in total. The van der Waals surface area contributed by atoms with E-state index in [0.717, 1.165) is 22.2 Å². The molecule has 0 amide bonds. The topological polar surface area (TPSA) is 104 Å². The molecule has 4 rings (SSSR count). The van der Waals surface area contributed by atoms with Crippen LogP contribution in [-0.2, 0) is 0 Å². The number of aromatic nitrogens is 4. The molecule has 0 saturated heterocycles. The Morgan fingerprint density at radius 3 is 2.54 bits per heavy atom. The van der Waals surface area contributed by atoms with E-state index in [9.17, 15) is 9.90 Å². The number of benzene rings is 2. The van der Waals surface area contributed by atoms with Crippen LogP contribution in [0, 0.1) is 0 Å². The highest BCUT2D eigenvalue weighted by molar-refractivity contribution is 5.87. The number of carbonyl (C=O) groups is 1. The van der Waals surface area contributed by atoms with E-state index in [0.29, 0.717) is 5.95 Å². The number of rotatable bonds is 3. The van der Waals surface area contributed by atoms with Gasteiger partial charge >= 0.3 is 5.97 Å². The van der Waals surface area contributed by atoms with Crippen molar-refractivity contribution in [3.63, 3.8) is 0 Å². The number of aromatic hydroxyl groups is 1. The molecule has 0 atom stereocenters. The van der Waals surface area contributed by atoms with Crippen molar-refractivity contribution in [3.05, 3.63) is 60.4 Å². The maximum atomic E-state index is 10.9. The van der Waals surface area contributed by atoms with Gasteiger partial charge in [0.05, 0.1) is 22.8 Å². The lowest BCUT2D eigenvalue weighted by atomic mass is 10.1. The van der Waals surface area contributed by atoms with Crippen LogP contribution in [0.2, 0.25) is 0 Å². The number of imidazole rings is 1. The fourth-order valence-corrected chi connectivity index (χ4v) is 2.49. The second-order valence-corrected chi connectivity index (χ2v) is 5.32. The van der Waals surface area contributed by atoms with Gasteiger partial charge in [-0.2, -0.15) is 5.10 Å². The first-order valence-electron chi connectivity index (χ1n) is 7.18. The minimum atomic E-state index is -1.04. The van der Waals surface area contributed by atoms with E-state index in [4.69, 9.17) is 5.11 Å². The maximum Gasteiger partial charge on any atom is 0.338 e. The van der Waals surface area contributed by atoms with E-state index in [1.54, 1.807) is 12.1 Å². The van der Waals surface area contributed by atoms with Gasteiger partial charge in [-0.05, 0) is 35.4 Å². The molecule has 0 unspecified atom stereocenters. The Hall–Kier alpha value is -3.61. The van der Waals surface area contributed by atoms with Gasteiger partial charge in [-0.15, -0.1) is 0 Å². The molecule has 0 bridgehead atoms. The van der Waals surface area contributed by atoms with Crippen LogP contribution in [0.25, 0.3) is 28.1 Å². The summed E-state index contributed by atoms with van der Waals surface area (Å²) in [7, 11) is 0. The van der Waals surface area contributed by atoms with Crippen molar-refractivity contribution < 1.29 is 15.0 Å². The summed E-state index contributed by atoms with van der Waals surface area (Å²) in [4.78, 5) is 18.5. The molecule has 0 saturated carbocycles. The molecule has 2 aromatic carbocycles. The predicted octanol–water partition coefficient (Wildman–Crippen LogP) is 2.82. The molecule has 0 aliphatic carbocycles. The highest BCUT2D eigenvalue weighted by Crippen LogP contribution is 2.25. The first kappa shape index (κ1) is 14.0. The fourth-order valence-electron chi connectivity index (χ4n) is 2.49. The second-order valence-electron chi connectivity index (χ2n) is 5.32. The molecular weight excluding hydrogens is 308 g/mol. The first-order valence-corrected chi connectivity index (χ1v) is 7.18. The molecule has 2 heterocycles. The number of carboxylic acids is 1. The number of phenols is 1. The van der Waals surface area contributed by atoms with Gasteiger partial charge in [0.1, 0.15) is 5.75 Å². The van der Waals surface area contributed by atoms with E-state index in [1.807, 2.05) is 30.3 Å². The zero-order valence-corrected chi connectivity index (χ0v) is 12.3. The van der Waals surface area contributed by atoms with Crippen LogP contribution < -0.4 is 0 Å². The monoisotopic (exact) mass is 320 g/mol. The Morgan fingerprint density at radius 2 is 1.83 bits per heavy atom. The summed E-state index contributed by atoms with van der Waals surface area (Å²) in [6, 6.07) is 12.7. The summed E-state index contributed by atoms with van der Waals surface area (Å²) in [5, 5.41) is 22.4. The number of fused-ring (bicyclic) bond motifs is 1. The van der Waals surface area contributed by atoms with Crippen LogP contribution in [0.1, 0.15) is 10.4 Å². The molecule has 0 aliphatic rings. The van der Waals surface area contributed by atoms with Crippen molar-refractivity contribution in [1.29, 1.82) is 0 Å². The van der Waals surface area contributed by atoms with E-state index in [2.05, 4.69) is 15.1 Å². The molecule has 0 spiro atoms. The van der Waals surface area contributed by atoms with Crippen molar-refractivity contribution in [2.75, 3.05) is 0 Å². The van der Waals surface area contributed by atoms with Gasteiger partial charge in [-0.1, -0.05) is 18.2 Å². The summed E-state index contributed by atoms with van der Waals surface area (Å²) in [5.41, 5.74) is 3.60. The van der Waals surface area contributed by atoms with Gasteiger partial charge < -0.3 is 15.2 Å². The van der Waals surface area contributed by atoms with Crippen molar-refractivity contribution >= 4 is 17.0 Å². The highest BCUT2D eigenvalue weighted by Gasteiger charge is 2.11. The summed E-state index contributed by atoms with van der Waals surface area (Å²) in [6.07, 6.45) is 2.68. The lowest BCUT2D eigenvalue weighted by Crippen LogP contribution is -1.97. The van der Waals surface area contributed by atoms with Crippen LogP contribution in [0.4, 0.5) is 0 Å². The van der Waals surface area contributed by atoms with Crippen molar-refractivity contribution in [3.8, 4) is 22.8 Å². The van der Waals surface area contributed by atoms with E-state index < -0.39 is 5.97 Å². The number of phenolic OH excluding ortho intramolecular Hbond substituents is 1. The Labute approximate surface area is 135 Å². The maximum absolute atomic E-state index is 10.9. The summed E-state index contributed by atoms with van der Waals surface area (Å²) < 4.78 is 1.39. The number of aromatic amines is 1. The van der Waals surface area contributed by atoms with Gasteiger partial charge in [0.25, 0.3) is 0 Å². The van der Waals surface area contributed by atoms with Gasteiger partial charge in [-0.3, -0.25) is 0 Å². The van der Waals surface area contributed by atoms with Gasteiger partial charge in [0.2, 0.25) is 5.95 Å². The number of aromatic carboxylic acids is 1. The quantitative estimate of drug-likeness (QED) is 0.538. The molecule has 0 radical (unpaired) electrons. The predicted molar refractivity (Wildman–Crippen MR) is 87.3 cm³/mol. The van der Waals surface area contributed by atoms with Crippen molar-refractivity contribution in [1.82, 2.24) is 19.7 Å². The van der Waals surface area contributed by atoms with E-state index in [1.165, 1.54) is 17.1 Å². The lowest BCUT2D eigenvalue weighted by Gasteiger charge is -2.01. The number of carboxylic acid groups (broad SMARTS) is 1. The zero-order chi connectivity index (χ0) is 16.7. The van der Waals surface area contributed by atoms with Crippen LogP contribution >= 0.6 is 0 Å². The number of hydrogen-bond donors (Lipinski definition) is 3. The van der Waals surface area contributed by atoms with E-state index in [-0.39, 0.29) is 11.3 Å². The number of H-pyrrole nitrogens is 1. The van der Waals surface area contributed by atoms with Crippen molar-refractivity contribution in [2.24, 2.45) is 0 Å². The summed E-state index contributed by atoms with van der Waals surface area (Å²) >= 11 is 0. The molecule has 7 heteroatoms. The van der Waals surface area contributed by atoms with E-state index >= 15 is 0 Å². The lowest BCUT2D eigenvalue weighted by molar-refractivity contribution is 0.0697. The van der Waals surface area contributed by atoms with Gasteiger partial charge in [0.15, 0.2) is 0 Å². The number of nitrogens with one attached hydrogen (secondary N) is 1. The Bertz CT molecular complexity index is 1050. The summed E-state index contributed by atoms with van der Waals surface area (Å²) in [6.45, 7) is 0. The molecule has 24 heavy (non-hydrogen) atoms. The van der Waals surface area contributed by atoms with Crippen LogP contribution in [0.15, 0.2) is 54.9 Å². The SMILES string of the molecule is O=C(O)c1cnn(-c2nc3ccc(-c4ccc(O)cc4)cc3[nH]2)c1. The fraction of sp³-hybridized carbons (Fsp3) is 0. The Balaban J connectivity index is 1.75. The first-order chi connectivity index (χ1) is 11.6. The third-order valence-electron chi connectivity index (χ3n) is 3.72. The molecular formula is C17H12N4O3. The molecule has 3 N–H and O–H groups in total. The number of nitrogens with zero attached hydrogens (tertiary/aromatic N) is 3. The van der Waals surface area contributed by atoms with Gasteiger partial charge in [-0.25, -0.2) is 14.5 Å². The minimum Gasteiger partial charge on any atom is -0.508 e. The summed E-state index contributed by atoms with van der Waals surface area (Å²) in [5.74, 6) is -0.371. The average Bonchev–Trinajstić information content (AvgIpc) is 3.21. The largest absolute Gasteiger partial charge is 0.508 e. The molecule has 2 aromatic heterocycles. The van der Waals surface area contributed by atoms with Crippen LogP contribution in [-0.4, -0.2) is 35.9 Å². The third-order valence-corrected chi connectivity index (χ3v) is 3.72. The smallest absolute Gasteiger partial charge is 0.338 e. The van der Waals surface area contributed by atoms with Crippen LogP contribution in [0.3, 0.4) is 0 Å². The Kier molecular flexibility index (Phi) is 3.06. The number of hydrogen-bond acceptors (Lipinski definition) is 4. The van der Waals surface area contributed by atoms with Gasteiger partial charge in [0, 0.05) is 6.20 Å². The third kappa shape index (κ3) is 2.38. The standard InChI is InChI=1S/C17H12N4O3/c22-13-4-1-10(2-5-13)11-3-6-14-15(7-11)20-17(19-14)21-9-12(8-18-21)16(23)24/h1-9,22H,(H,19,20)(H,23,24). The molecule has 0 fully saturated rings. The highest BCUT2D eigenvalue weighted by atomic mass is 16.4. The van der Waals surface area contributed by atoms with Crippen LogP contribution in [0.5, 0.6) is 5.75 Å². The second kappa shape index (κ2) is 5.24. The normalized spacial score (nSPS) is 11.0. The molecule has 0 aliphatic heterocycles. The van der Waals surface area contributed by atoms with Crippen molar-refractivity contribution in [2.45, 2.75) is 0 Å². The minimum absolute atomic E-state index is 0.0974. The Morgan fingerprint density at radius 1 is 1.08 bits per heavy atom.